The van der Waals surface area contributed by atoms with Crippen molar-refractivity contribution in [1.29, 1.82) is 0 Å². The van der Waals surface area contributed by atoms with E-state index in [4.69, 9.17) is 29.4 Å². The standard InChI is InChI=1S/C39H66N6O11/c1-27(2)33(46)13-14-34(47)41-17-19-53-21-23-55-25-24-54-22-20-52-18-15-35(48)45-36(28(3)4)38(50)44-32(8-7-16-42-39(40)51)37(49)43-31-11-9-30(10-12-31)26-56-29(5)6/h9-12,27-29,32,36H,7-8,13-26H2,1-6H3,(H,41,47)(H,43,49)(H,44,50)(H,45,48)(H3,40,42,51)/t32-,36-/m0/s1. The Morgan fingerprint density at radius 2 is 1.23 bits per heavy atom. The van der Waals surface area contributed by atoms with E-state index in [1.54, 1.807) is 26.0 Å². The molecule has 1 aromatic carbocycles. The number of hydrogen-bond acceptors (Lipinski definition) is 11. The number of nitrogens with two attached hydrogens (primary N) is 1. The summed E-state index contributed by atoms with van der Waals surface area (Å²) in [6.07, 6.45) is 1.09. The topological polar surface area (TPSA) is 235 Å². The molecule has 0 aliphatic heterocycles. The number of primary amides is 1. The maximum Gasteiger partial charge on any atom is 0.312 e. The first-order valence-electron chi connectivity index (χ1n) is 19.4. The Kier molecular flexibility index (Phi) is 26.7. The Hall–Kier alpha value is -4.16. The molecule has 0 fully saturated rings. The van der Waals surface area contributed by atoms with Crippen molar-refractivity contribution in [2.45, 2.75) is 98.4 Å². The lowest BCUT2D eigenvalue weighted by Gasteiger charge is -2.25. The number of hydrogen-bond donors (Lipinski definition) is 6. The predicted octanol–water partition coefficient (Wildman–Crippen LogP) is 2.20. The van der Waals surface area contributed by atoms with Gasteiger partial charge in [-0.2, -0.15) is 0 Å². The van der Waals surface area contributed by atoms with Crippen LogP contribution < -0.4 is 32.3 Å². The van der Waals surface area contributed by atoms with E-state index in [0.29, 0.717) is 64.9 Å². The highest BCUT2D eigenvalue weighted by atomic mass is 16.6. The molecule has 6 amide bonds. The molecule has 0 aliphatic carbocycles. The van der Waals surface area contributed by atoms with Crippen molar-refractivity contribution >= 4 is 41.1 Å². The van der Waals surface area contributed by atoms with Gasteiger partial charge in [0.1, 0.15) is 17.9 Å². The van der Waals surface area contributed by atoms with E-state index in [2.05, 4.69) is 26.6 Å². The average molecular weight is 795 g/mol. The molecule has 318 valence electrons. The van der Waals surface area contributed by atoms with Gasteiger partial charge in [0.15, 0.2) is 0 Å². The maximum absolute atomic E-state index is 13.4. The van der Waals surface area contributed by atoms with Gasteiger partial charge in [0.05, 0.1) is 65.6 Å². The van der Waals surface area contributed by atoms with E-state index in [9.17, 15) is 28.8 Å². The Labute approximate surface area is 331 Å². The molecule has 1 aromatic rings. The molecular weight excluding hydrogens is 728 g/mol. The number of amides is 6. The van der Waals surface area contributed by atoms with Crippen LogP contribution >= 0.6 is 0 Å². The molecular formula is C39H66N6O11. The van der Waals surface area contributed by atoms with Crippen LogP contribution in [-0.2, 0) is 54.3 Å². The molecule has 2 atom stereocenters. The van der Waals surface area contributed by atoms with E-state index in [1.807, 2.05) is 39.8 Å². The Balaban J connectivity index is 2.35. The number of benzene rings is 1. The number of carbonyl (C=O) groups is 6. The van der Waals surface area contributed by atoms with E-state index in [1.165, 1.54) is 0 Å². The van der Waals surface area contributed by atoms with Crippen LogP contribution in [0.15, 0.2) is 24.3 Å². The van der Waals surface area contributed by atoms with Crippen molar-refractivity contribution in [1.82, 2.24) is 21.3 Å². The zero-order valence-electron chi connectivity index (χ0n) is 34.1. The zero-order chi connectivity index (χ0) is 41.7. The van der Waals surface area contributed by atoms with Gasteiger partial charge in [0.2, 0.25) is 23.6 Å². The van der Waals surface area contributed by atoms with Crippen LogP contribution in [0.2, 0.25) is 0 Å². The Bertz CT molecular complexity index is 1310. The van der Waals surface area contributed by atoms with E-state index in [-0.39, 0.29) is 81.0 Å². The second-order valence-corrected chi connectivity index (χ2v) is 14.0. The summed E-state index contributed by atoms with van der Waals surface area (Å²) in [5, 5.41) is 13.5. The molecule has 17 nitrogen and oxygen atoms in total. The summed E-state index contributed by atoms with van der Waals surface area (Å²) in [6, 6.07) is 4.64. The number of ether oxygens (including phenoxy) is 5. The van der Waals surface area contributed by atoms with Gasteiger partial charge >= 0.3 is 6.03 Å². The first kappa shape index (κ1) is 49.9. The SMILES string of the molecule is CC(C)OCc1ccc(NC(=O)[C@H](CCCNC(N)=O)NC(=O)[C@@H](NC(=O)CCOCCOCCOCCOCCNC(=O)CCC(=O)C(C)C)C(C)C)cc1. The molecule has 0 saturated heterocycles. The van der Waals surface area contributed by atoms with Gasteiger partial charge in [0, 0.05) is 44.0 Å². The number of nitrogens with one attached hydrogen (secondary N) is 5. The molecule has 0 bridgehead atoms. The summed E-state index contributed by atoms with van der Waals surface area (Å²) in [7, 11) is 0. The van der Waals surface area contributed by atoms with Crippen LogP contribution in [0.3, 0.4) is 0 Å². The van der Waals surface area contributed by atoms with Crippen LogP contribution in [0.1, 0.15) is 79.2 Å². The highest BCUT2D eigenvalue weighted by molar-refractivity contribution is 5.98. The Morgan fingerprint density at radius 3 is 1.79 bits per heavy atom. The second-order valence-electron chi connectivity index (χ2n) is 14.0. The van der Waals surface area contributed by atoms with Crippen molar-refractivity contribution in [3.8, 4) is 0 Å². The largest absolute Gasteiger partial charge is 0.379 e. The van der Waals surface area contributed by atoms with Gasteiger partial charge in [-0.05, 0) is 50.3 Å². The maximum atomic E-state index is 13.4. The lowest BCUT2D eigenvalue weighted by Crippen LogP contribution is -2.54. The van der Waals surface area contributed by atoms with Crippen molar-refractivity contribution < 1.29 is 52.5 Å². The highest BCUT2D eigenvalue weighted by Gasteiger charge is 2.29. The number of ketones is 1. The Morgan fingerprint density at radius 1 is 0.643 bits per heavy atom. The first-order valence-corrected chi connectivity index (χ1v) is 19.4. The fourth-order valence-electron chi connectivity index (χ4n) is 4.81. The van der Waals surface area contributed by atoms with Crippen LogP contribution in [0.25, 0.3) is 0 Å². The molecule has 0 unspecified atom stereocenters. The molecule has 0 heterocycles. The third-order valence-corrected chi connectivity index (χ3v) is 8.07. The second kappa shape index (κ2) is 30.0. The smallest absolute Gasteiger partial charge is 0.312 e. The van der Waals surface area contributed by atoms with Crippen molar-refractivity contribution in [2.24, 2.45) is 17.6 Å². The molecule has 0 spiro atoms. The minimum absolute atomic E-state index is 0.0159. The summed E-state index contributed by atoms with van der Waals surface area (Å²) < 4.78 is 27.5. The number of urea groups is 1. The molecule has 0 radical (unpaired) electrons. The predicted molar refractivity (Wildman–Crippen MR) is 210 cm³/mol. The van der Waals surface area contributed by atoms with Crippen LogP contribution in [0, 0.1) is 11.8 Å². The van der Waals surface area contributed by atoms with E-state index in [0.717, 1.165) is 5.56 Å². The fraction of sp³-hybridized carbons (Fsp3) is 0.692. The van der Waals surface area contributed by atoms with Crippen LogP contribution in [0.5, 0.6) is 0 Å². The van der Waals surface area contributed by atoms with Gasteiger partial charge in [-0.25, -0.2) is 4.79 Å². The number of carbonyl (C=O) groups excluding carboxylic acids is 6. The van der Waals surface area contributed by atoms with Crippen LogP contribution in [0.4, 0.5) is 10.5 Å². The van der Waals surface area contributed by atoms with Crippen molar-refractivity contribution in [3.05, 3.63) is 29.8 Å². The van der Waals surface area contributed by atoms with Crippen LogP contribution in [-0.4, -0.2) is 120 Å². The van der Waals surface area contributed by atoms with Gasteiger partial charge in [-0.1, -0.05) is 39.8 Å². The molecule has 0 aromatic heterocycles. The third-order valence-electron chi connectivity index (χ3n) is 8.07. The number of Topliss-reactive ketones (excluding diaryl/α,β-unsaturated/α-hetero) is 1. The normalized spacial score (nSPS) is 12.3. The summed E-state index contributed by atoms with van der Waals surface area (Å²) in [6.45, 7) is 14.6. The monoisotopic (exact) mass is 794 g/mol. The zero-order valence-corrected chi connectivity index (χ0v) is 34.1. The van der Waals surface area contributed by atoms with Gasteiger partial charge in [-0.3, -0.25) is 24.0 Å². The summed E-state index contributed by atoms with van der Waals surface area (Å²) in [5.74, 6) is -1.81. The first-order chi connectivity index (χ1) is 26.7. The highest BCUT2D eigenvalue weighted by Crippen LogP contribution is 2.13. The van der Waals surface area contributed by atoms with Gasteiger partial charge in [-0.15, -0.1) is 0 Å². The summed E-state index contributed by atoms with van der Waals surface area (Å²) >= 11 is 0. The molecule has 7 N–H and O–H groups in total. The lowest BCUT2D eigenvalue weighted by molar-refractivity contribution is -0.132. The number of anilines is 1. The quantitative estimate of drug-likeness (QED) is 0.0579. The molecule has 17 heteroatoms. The minimum atomic E-state index is -0.952. The van der Waals surface area contributed by atoms with Crippen molar-refractivity contribution in [2.75, 3.05) is 71.3 Å². The van der Waals surface area contributed by atoms with Gasteiger partial charge < -0.3 is 56.0 Å². The third kappa shape index (κ3) is 25.1. The van der Waals surface area contributed by atoms with E-state index >= 15 is 0 Å². The minimum Gasteiger partial charge on any atom is -0.379 e. The van der Waals surface area contributed by atoms with Gasteiger partial charge in [0.25, 0.3) is 0 Å². The average Bonchev–Trinajstić information content (AvgIpc) is 3.14. The summed E-state index contributed by atoms with van der Waals surface area (Å²) in [5.41, 5.74) is 6.64. The number of rotatable bonds is 32. The lowest BCUT2D eigenvalue weighted by atomic mass is 10.0. The molecule has 56 heavy (non-hydrogen) atoms. The fourth-order valence-corrected chi connectivity index (χ4v) is 4.81. The molecule has 0 saturated carbocycles. The van der Waals surface area contributed by atoms with Crippen molar-refractivity contribution in [3.63, 3.8) is 0 Å². The van der Waals surface area contributed by atoms with E-state index < -0.39 is 29.9 Å². The summed E-state index contributed by atoms with van der Waals surface area (Å²) in [4.78, 5) is 73.9. The molecule has 0 aliphatic rings. The molecule has 1 rings (SSSR count).